The molecule has 0 bridgehead atoms. The largest absolute Gasteiger partial charge is 0.326 e. The molecule has 1 N–H and O–H groups in total. The van der Waals surface area contributed by atoms with Crippen molar-refractivity contribution in [1.29, 1.82) is 0 Å². The summed E-state index contributed by atoms with van der Waals surface area (Å²) in [4.78, 5) is 25.3. The third-order valence-corrected chi connectivity index (χ3v) is 5.74. The van der Waals surface area contributed by atoms with Gasteiger partial charge in [0.1, 0.15) is 0 Å². The summed E-state index contributed by atoms with van der Waals surface area (Å²) in [6.45, 7) is 4.97. The lowest BCUT2D eigenvalue weighted by Crippen LogP contribution is -2.41. The third kappa shape index (κ3) is 5.28. The summed E-state index contributed by atoms with van der Waals surface area (Å²) in [6.07, 6.45) is 1.58. The number of para-hydroxylation sites is 1. The van der Waals surface area contributed by atoms with E-state index in [1.807, 2.05) is 6.07 Å². The molecule has 2 aromatic rings. The van der Waals surface area contributed by atoms with E-state index < -0.39 is 10.0 Å². The molecule has 0 aromatic heterocycles. The van der Waals surface area contributed by atoms with Crippen LogP contribution in [0.3, 0.4) is 0 Å². The number of nitrogens with one attached hydrogen (secondary N) is 1. The lowest BCUT2D eigenvalue weighted by atomic mass is 10.2. The Kier molecular flexibility index (Phi) is 7.08. The highest BCUT2D eigenvalue weighted by atomic mass is 32.2. The lowest BCUT2D eigenvalue weighted by molar-refractivity contribution is -0.118. The molecule has 0 saturated heterocycles. The quantitative estimate of drug-likeness (QED) is 0.689. The molecule has 0 heterocycles. The van der Waals surface area contributed by atoms with Crippen molar-refractivity contribution < 1.29 is 18.0 Å². The fraction of sp³-hybridized carbons (Fsp3) is 0.200. The fourth-order valence-corrected chi connectivity index (χ4v) is 3.66. The summed E-state index contributed by atoms with van der Waals surface area (Å²) in [5.41, 5.74) is 1.16. The molecule has 2 rings (SSSR count). The van der Waals surface area contributed by atoms with Gasteiger partial charge in [-0.15, -0.1) is 6.58 Å². The zero-order valence-corrected chi connectivity index (χ0v) is 16.6. The highest BCUT2D eigenvalue weighted by Crippen LogP contribution is 2.19. The smallest absolute Gasteiger partial charge is 0.243 e. The summed E-state index contributed by atoms with van der Waals surface area (Å²) < 4.78 is 26.5. The molecule has 8 heteroatoms. The molecule has 0 spiro atoms. The molecule has 2 aromatic carbocycles. The molecule has 0 aliphatic carbocycles. The normalized spacial score (nSPS) is 11.1. The summed E-state index contributed by atoms with van der Waals surface area (Å²) in [5.74, 6) is -0.617. The second-order valence-corrected chi connectivity index (χ2v) is 8.14. The maximum Gasteiger partial charge on any atom is 0.243 e. The Hall–Kier alpha value is -2.97. The van der Waals surface area contributed by atoms with Gasteiger partial charge in [-0.05, 0) is 36.4 Å². The van der Waals surface area contributed by atoms with E-state index in [0.717, 1.165) is 4.31 Å². The molecule has 0 saturated carbocycles. The summed E-state index contributed by atoms with van der Waals surface area (Å²) in [6, 6.07) is 14.8. The van der Waals surface area contributed by atoms with E-state index in [1.54, 1.807) is 30.3 Å². The van der Waals surface area contributed by atoms with Crippen LogP contribution in [-0.2, 0) is 19.6 Å². The molecule has 2 amide bonds. The van der Waals surface area contributed by atoms with E-state index in [4.69, 9.17) is 0 Å². The third-order valence-electron chi connectivity index (χ3n) is 3.92. The Balaban J connectivity index is 2.17. The zero-order chi connectivity index (χ0) is 20.7. The number of benzene rings is 2. The second-order valence-electron chi connectivity index (χ2n) is 6.10. The highest BCUT2D eigenvalue weighted by molar-refractivity contribution is 7.89. The van der Waals surface area contributed by atoms with Crippen LogP contribution in [0.1, 0.15) is 6.92 Å². The highest BCUT2D eigenvalue weighted by Gasteiger charge is 2.25. The van der Waals surface area contributed by atoms with Crippen LogP contribution in [-0.4, -0.2) is 44.7 Å². The van der Waals surface area contributed by atoms with Crippen LogP contribution < -0.4 is 10.2 Å². The van der Waals surface area contributed by atoms with E-state index in [0.29, 0.717) is 11.4 Å². The maximum absolute atomic E-state index is 12.8. The van der Waals surface area contributed by atoms with Crippen molar-refractivity contribution in [2.75, 3.05) is 30.4 Å². The van der Waals surface area contributed by atoms with Crippen molar-refractivity contribution in [2.24, 2.45) is 0 Å². The van der Waals surface area contributed by atoms with Gasteiger partial charge in [-0.25, -0.2) is 8.42 Å². The van der Waals surface area contributed by atoms with Gasteiger partial charge in [0, 0.05) is 31.9 Å². The van der Waals surface area contributed by atoms with Crippen LogP contribution in [0.25, 0.3) is 0 Å². The molecule has 0 unspecified atom stereocenters. The molecule has 7 nitrogen and oxygen atoms in total. The van der Waals surface area contributed by atoms with Crippen molar-refractivity contribution in [3.05, 3.63) is 67.3 Å². The number of hydrogen-bond acceptors (Lipinski definition) is 4. The lowest BCUT2D eigenvalue weighted by Gasteiger charge is -2.24. The average Bonchev–Trinajstić information content (AvgIpc) is 2.66. The number of carbonyl (C=O) groups excluding carboxylic acids is 2. The minimum absolute atomic E-state index is 0.0342. The van der Waals surface area contributed by atoms with Crippen LogP contribution in [0.15, 0.2) is 72.1 Å². The summed E-state index contributed by atoms with van der Waals surface area (Å²) in [7, 11) is -2.51. The minimum atomic E-state index is -3.86. The number of carbonyl (C=O) groups is 2. The molecule has 0 fully saturated rings. The number of nitrogens with zero attached hydrogens (tertiary/aromatic N) is 2. The predicted octanol–water partition coefficient (Wildman–Crippen LogP) is 2.48. The number of anilines is 2. The standard InChI is InChI=1S/C20H23N3O4S/c1-4-14-23(18-8-6-5-7-9-18)20(25)15-22(3)28(26,27)19-12-10-17(11-13-19)21-16(2)24/h4-13H,1,14-15H2,2-3H3,(H,21,24). The van der Waals surface area contributed by atoms with Crippen molar-refractivity contribution in [1.82, 2.24) is 4.31 Å². The molecular weight excluding hydrogens is 378 g/mol. The van der Waals surface area contributed by atoms with Crippen LogP contribution in [0.2, 0.25) is 0 Å². The van der Waals surface area contributed by atoms with Crippen molar-refractivity contribution in [2.45, 2.75) is 11.8 Å². The van der Waals surface area contributed by atoms with Gasteiger partial charge in [-0.2, -0.15) is 4.31 Å². The van der Waals surface area contributed by atoms with Gasteiger partial charge in [0.2, 0.25) is 21.8 Å². The van der Waals surface area contributed by atoms with Gasteiger partial charge in [0.05, 0.1) is 11.4 Å². The first-order valence-corrected chi connectivity index (χ1v) is 10.00. The van der Waals surface area contributed by atoms with E-state index >= 15 is 0 Å². The fourth-order valence-electron chi connectivity index (χ4n) is 2.54. The second kappa shape index (κ2) is 9.29. The first kappa shape index (κ1) is 21.3. The van der Waals surface area contributed by atoms with Crippen LogP contribution in [0.4, 0.5) is 11.4 Å². The Labute approximate surface area is 165 Å². The van der Waals surface area contributed by atoms with Crippen LogP contribution >= 0.6 is 0 Å². The first-order valence-electron chi connectivity index (χ1n) is 8.56. The zero-order valence-electron chi connectivity index (χ0n) is 15.8. The minimum Gasteiger partial charge on any atom is -0.326 e. The van der Waals surface area contributed by atoms with Gasteiger partial charge in [-0.1, -0.05) is 24.3 Å². The van der Waals surface area contributed by atoms with E-state index in [9.17, 15) is 18.0 Å². The number of sulfonamides is 1. The van der Waals surface area contributed by atoms with Gasteiger partial charge >= 0.3 is 0 Å². The Morgan fingerprint density at radius 1 is 1.07 bits per heavy atom. The van der Waals surface area contributed by atoms with Gasteiger partial charge in [0.15, 0.2) is 0 Å². The molecule has 148 valence electrons. The van der Waals surface area contributed by atoms with Gasteiger partial charge < -0.3 is 10.2 Å². The molecule has 0 aliphatic heterocycles. The monoisotopic (exact) mass is 401 g/mol. The summed E-state index contributed by atoms with van der Waals surface area (Å²) in [5, 5.41) is 2.57. The Bertz CT molecular complexity index is 941. The van der Waals surface area contributed by atoms with Crippen LogP contribution in [0.5, 0.6) is 0 Å². The Morgan fingerprint density at radius 2 is 1.68 bits per heavy atom. The molecule has 0 radical (unpaired) electrons. The van der Waals surface area contributed by atoms with E-state index in [2.05, 4.69) is 11.9 Å². The van der Waals surface area contributed by atoms with Gasteiger partial charge in [0.25, 0.3) is 0 Å². The summed E-state index contributed by atoms with van der Waals surface area (Å²) >= 11 is 0. The molecular formula is C20H23N3O4S. The predicted molar refractivity (Wildman–Crippen MR) is 110 cm³/mol. The van der Waals surface area contributed by atoms with E-state index in [-0.39, 0.29) is 29.8 Å². The molecule has 0 atom stereocenters. The Morgan fingerprint density at radius 3 is 2.21 bits per heavy atom. The topological polar surface area (TPSA) is 86.8 Å². The van der Waals surface area contributed by atoms with Crippen LogP contribution in [0, 0.1) is 0 Å². The van der Waals surface area contributed by atoms with Crippen molar-refractivity contribution in [3.8, 4) is 0 Å². The number of likely N-dealkylation sites (N-methyl/N-ethyl adjacent to an activating group) is 1. The van der Waals surface area contributed by atoms with Gasteiger partial charge in [-0.3, -0.25) is 9.59 Å². The van der Waals surface area contributed by atoms with Crippen molar-refractivity contribution in [3.63, 3.8) is 0 Å². The molecule has 0 aliphatic rings. The SMILES string of the molecule is C=CCN(C(=O)CN(C)S(=O)(=O)c1ccc(NC(C)=O)cc1)c1ccccc1. The maximum atomic E-state index is 12.8. The molecule has 28 heavy (non-hydrogen) atoms. The van der Waals surface area contributed by atoms with Crippen molar-refractivity contribution >= 4 is 33.2 Å². The number of rotatable bonds is 8. The number of hydrogen-bond donors (Lipinski definition) is 1. The number of amides is 2. The average molecular weight is 401 g/mol. The van der Waals surface area contributed by atoms with E-state index in [1.165, 1.54) is 43.1 Å². The first-order chi connectivity index (χ1) is 13.3.